The summed E-state index contributed by atoms with van der Waals surface area (Å²) < 4.78 is 33.1. The van der Waals surface area contributed by atoms with Gasteiger partial charge in [-0.25, -0.2) is 17.2 Å². The van der Waals surface area contributed by atoms with Crippen molar-refractivity contribution in [3.8, 4) is 0 Å². The molecule has 4 rings (SSSR count). The molecule has 12 heteroatoms. The average Bonchev–Trinajstić information content (AvgIpc) is 3.25. The Morgan fingerprint density at radius 1 is 1.11 bits per heavy atom. The molecule has 0 radical (unpaired) electrons. The fraction of sp³-hybridized carbons (Fsp3) is 0.125. The van der Waals surface area contributed by atoms with Crippen molar-refractivity contribution in [1.29, 1.82) is 0 Å². The lowest BCUT2D eigenvalue weighted by atomic mass is 10.0. The molecular weight excluding hydrogens is 531 g/mol. The Bertz CT molecular complexity index is 1630. The molecule has 0 aliphatic rings. The number of nitro groups is 1. The third-order valence-electron chi connectivity index (χ3n) is 5.67. The van der Waals surface area contributed by atoms with Gasteiger partial charge in [-0.2, -0.15) is 0 Å². The number of nitrogens with zero attached hydrogens (tertiary/aromatic N) is 2. The Hall–Kier alpha value is -3.44. The number of non-ortho nitro benzene ring substituents is 1. The first kappa shape index (κ1) is 25.6. The van der Waals surface area contributed by atoms with Crippen LogP contribution in [0.3, 0.4) is 0 Å². The number of methoxy groups -OCH3 is 1. The highest BCUT2D eigenvalue weighted by Crippen LogP contribution is 2.40. The number of fused-ring (bicyclic) bond motifs is 1. The summed E-state index contributed by atoms with van der Waals surface area (Å²) in [6.45, 7) is 1.59. The smallest absolute Gasteiger partial charge is 0.339 e. The number of nitro benzene ring substituents is 1. The molecular formula is C24H18Cl2N2O7S. The SMILES string of the molecule is COC(=O)c1ccc(Cl)c(C(O)c2cc3c(C)cc([N+](=O)[O-])cc3n2S(=O)(=O)c2ccccc2)c1Cl. The number of aryl methyl sites for hydroxylation is 1. The first-order valence-electron chi connectivity index (χ1n) is 10.3. The number of ether oxygens (including phenoxy) is 1. The number of carbonyl (C=O) groups excluding carboxylic acids is 1. The molecule has 1 unspecified atom stereocenters. The Kier molecular flexibility index (Phi) is 6.80. The van der Waals surface area contributed by atoms with Crippen LogP contribution in [0.2, 0.25) is 10.0 Å². The van der Waals surface area contributed by atoms with Crippen molar-refractivity contribution in [3.63, 3.8) is 0 Å². The summed E-state index contributed by atoms with van der Waals surface area (Å²) in [5, 5.41) is 23.1. The molecule has 36 heavy (non-hydrogen) atoms. The summed E-state index contributed by atoms with van der Waals surface area (Å²) in [6, 6.07) is 13.9. The summed E-state index contributed by atoms with van der Waals surface area (Å²) in [7, 11) is -3.21. The zero-order valence-electron chi connectivity index (χ0n) is 18.8. The van der Waals surface area contributed by atoms with Gasteiger partial charge in [0.2, 0.25) is 0 Å². The van der Waals surface area contributed by atoms with E-state index in [-0.39, 0.29) is 43.0 Å². The highest BCUT2D eigenvalue weighted by molar-refractivity contribution is 7.90. The summed E-state index contributed by atoms with van der Waals surface area (Å²) in [5.41, 5.74) is -0.319. The number of esters is 1. The van der Waals surface area contributed by atoms with E-state index < -0.39 is 27.0 Å². The highest BCUT2D eigenvalue weighted by atomic mass is 35.5. The van der Waals surface area contributed by atoms with E-state index in [0.29, 0.717) is 10.9 Å². The standard InChI is InChI=1S/C24H18Cl2N2O7S/c1-13-10-14(28(31)32)11-19-17(13)12-20(27(19)36(33,34)15-6-4-3-5-7-15)23(29)21-18(25)9-8-16(22(21)26)24(30)35-2/h3-12,23,29H,1-2H3. The maximum absolute atomic E-state index is 13.8. The topological polar surface area (TPSA) is 129 Å². The van der Waals surface area contributed by atoms with Gasteiger partial charge >= 0.3 is 5.97 Å². The van der Waals surface area contributed by atoms with Crippen LogP contribution in [0.5, 0.6) is 0 Å². The van der Waals surface area contributed by atoms with E-state index >= 15 is 0 Å². The van der Waals surface area contributed by atoms with E-state index in [4.69, 9.17) is 27.9 Å². The number of rotatable bonds is 6. The van der Waals surface area contributed by atoms with Crippen LogP contribution in [0.15, 0.2) is 65.6 Å². The van der Waals surface area contributed by atoms with Crippen molar-refractivity contribution in [2.24, 2.45) is 0 Å². The minimum atomic E-state index is -4.37. The second-order valence-electron chi connectivity index (χ2n) is 7.82. The minimum absolute atomic E-state index is 0.0176. The Balaban J connectivity index is 2.09. The zero-order chi connectivity index (χ0) is 26.4. The van der Waals surface area contributed by atoms with Crippen LogP contribution in [-0.4, -0.2) is 35.5 Å². The molecule has 0 aliphatic carbocycles. The molecule has 0 aliphatic heterocycles. The van der Waals surface area contributed by atoms with E-state index in [2.05, 4.69) is 0 Å². The summed E-state index contributed by atoms with van der Waals surface area (Å²) in [4.78, 5) is 22.9. The highest BCUT2D eigenvalue weighted by Gasteiger charge is 2.32. The molecule has 1 heterocycles. The second-order valence-corrected chi connectivity index (χ2v) is 10.4. The summed E-state index contributed by atoms with van der Waals surface area (Å²) >= 11 is 12.7. The van der Waals surface area contributed by atoms with Gasteiger partial charge in [0.25, 0.3) is 15.7 Å². The van der Waals surface area contributed by atoms with Crippen molar-refractivity contribution in [2.45, 2.75) is 17.9 Å². The fourth-order valence-corrected chi connectivity index (χ4v) is 6.17. The van der Waals surface area contributed by atoms with Gasteiger partial charge in [-0.15, -0.1) is 0 Å². The molecule has 0 amide bonds. The van der Waals surface area contributed by atoms with Crippen molar-refractivity contribution < 1.29 is 28.0 Å². The van der Waals surface area contributed by atoms with Gasteiger partial charge in [-0.3, -0.25) is 10.1 Å². The van der Waals surface area contributed by atoms with Gasteiger partial charge < -0.3 is 9.84 Å². The number of hydrogen-bond donors (Lipinski definition) is 1. The average molecular weight is 549 g/mol. The van der Waals surface area contributed by atoms with E-state index in [1.807, 2.05) is 0 Å². The van der Waals surface area contributed by atoms with Crippen LogP contribution in [-0.2, 0) is 14.8 Å². The van der Waals surface area contributed by atoms with Crippen LogP contribution in [0.1, 0.15) is 33.3 Å². The van der Waals surface area contributed by atoms with Crippen molar-refractivity contribution in [3.05, 3.63) is 103 Å². The molecule has 3 aromatic carbocycles. The van der Waals surface area contributed by atoms with Gasteiger partial charge in [0.05, 0.1) is 38.7 Å². The fourth-order valence-electron chi connectivity index (χ4n) is 3.96. The lowest BCUT2D eigenvalue weighted by Crippen LogP contribution is -2.19. The normalized spacial score (nSPS) is 12.5. The van der Waals surface area contributed by atoms with E-state index in [9.17, 15) is 28.4 Å². The van der Waals surface area contributed by atoms with Gasteiger partial charge in [-0.05, 0) is 42.8 Å². The second kappa shape index (κ2) is 9.55. The molecule has 186 valence electrons. The first-order chi connectivity index (χ1) is 17.0. The summed E-state index contributed by atoms with van der Waals surface area (Å²) in [6.07, 6.45) is -1.74. The quantitative estimate of drug-likeness (QED) is 0.197. The lowest BCUT2D eigenvalue weighted by Gasteiger charge is -2.19. The predicted octanol–water partition coefficient (Wildman–Crippen LogP) is 5.27. The molecule has 9 nitrogen and oxygen atoms in total. The van der Waals surface area contributed by atoms with Crippen LogP contribution >= 0.6 is 23.2 Å². The molecule has 0 saturated heterocycles. The van der Waals surface area contributed by atoms with Crippen LogP contribution in [0, 0.1) is 17.0 Å². The Morgan fingerprint density at radius 3 is 2.39 bits per heavy atom. The molecule has 0 spiro atoms. The van der Waals surface area contributed by atoms with Crippen LogP contribution < -0.4 is 0 Å². The molecule has 1 N–H and O–H groups in total. The van der Waals surface area contributed by atoms with Gasteiger partial charge in [0, 0.05) is 28.1 Å². The summed E-state index contributed by atoms with van der Waals surface area (Å²) in [5.74, 6) is -0.783. The molecule has 0 bridgehead atoms. The van der Waals surface area contributed by atoms with Gasteiger partial charge in [-0.1, -0.05) is 41.4 Å². The monoisotopic (exact) mass is 548 g/mol. The maximum atomic E-state index is 13.8. The van der Waals surface area contributed by atoms with E-state index in [0.717, 1.165) is 17.1 Å². The van der Waals surface area contributed by atoms with Crippen LogP contribution in [0.4, 0.5) is 5.69 Å². The largest absolute Gasteiger partial charge is 0.465 e. The number of aromatic nitrogens is 1. The van der Waals surface area contributed by atoms with Gasteiger partial charge in [0.1, 0.15) is 6.10 Å². The third-order valence-corrected chi connectivity index (χ3v) is 8.17. The van der Waals surface area contributed by atoms with E-state index in [1.54, 1.807) is 13.0 Å². The first-order valence-corrected chi connectivity index (χ1v) is 12.5. The number of hydrogen-bond acceptors (Lipinski definition) is 7. The predicted molar refractivity (Wildman–Crippen MR) is 134 cm³/mol. The van der Waals surface area contributed by atoms with Crippen molar-refractivity contribution >= 4 is 55.8 Å². The number of carbonyl (C=O) groups is 1. The molecule has 0 saturated carbocycles. The number of benzene rings is 3. The number of aliphatic hydroxyl groups excluding tert-OH is 1. The molecule has 4 aromatic rings. The van der Waals surface area contributed by atoms with Crippen LogP contribution in [0.25, 0.3) is 10.9 Å². The lowest BCUT2D eigenvalue weighted by molar-refractivity contribution is -0.384. The number of halogens is 2. The Labute approximate surface area is 215 Å². The van der Waals surface area contributed by atoms with Crippen molar-refractivity contribution in [1.82, 2.24) is 3.97 Å². The minimum Gasteiger partial charge on any atom is -0.465 e. The Morgan fingerprint density at radius 2 is 1.78 bits per heavy atom. The maximum Gasteiger partial charge on any atom is 0.339 e. The molecule has 0 fully saturated rings. The number of aliphatic hydroxyl groups is 1. The molecule has 1 atom stereocenters. The van der Waals surface area contributed by atoms with E-state index in [1.165, 1.54) is 48.5 Å². The third kappa shape index (κ3) is 4.22. The van der Waals surface area contributed by atoms with Gasteiger partial charge in [0.15, 0.2) is 0 Å². The molecule has 1 aromatic heterocycles. The zero-order valence-corrected chi connectivity index (χ0v) is 21.1. The van der Waals surface area contributed by atoms with Crippen molar-refractivity contribution in [2.75, 3.05) is 7.11 Å².